The second-order valence-electron chi connectivity index (χ2n) is 2.13. The fourth-order valence-corrected chi connectivity index (χ4v) is 0.870. The van der Waals surface area contributed by atoms with Crippen molar-refractivity contribution >= 4 is 11.6 Å². The average Bonchev–Trinajstić information content (AvgIpc) is 1.65. The van der Waals surface area contributed by atoms with E-state index in [2.05, 4.69) is 5.32 Å². The fourth-order valence-electron chi connectivity index (χ4n) is 0.699. The Morgan fingerprint density at radius 1 is 1.75 bits per heavy atom. The zero-order chi connectivity index (χ0) is 6.04. The lowest BCUT2D eigenvalue weighted by atomic mass is 10.3. The van der Waals surface area contributed by atoms with Crippen LogP contribution < -0.4 is 5.32 Å². The van der Waals surface area contributed by atoms with Crippen molar-refractivity contribution < 1.29 is 4.74 Å². The average molecular weight is 136 g/mol. The number of alkyl halides is 1. The molecule has 3 heteroatoms. The van der Waals surface area contributed by atoms with E-state index in [-0.39, 0.29) is 0 Å². The molecular formula is C5H10ClNO. The van der Waals surface area contributed by atoms with Crippen molar-refractivity contribution in [2.24, 2.45) is 0 Å². The molecule has 1 aliphatic rings. The van der Waals surface area contributed by atoms with Gasteiger partial charge >= 0.3 is 0 Å². The quantitative estimate of drug-likeness (QED) is 0.490. The van der Waals surface area contributed by atoms with Gasteiger partial charge < -0.3 is 10.1 Å². The minimum Gasteiger partial charge on any atom is -0.357 e. The second-order valence-corrected chi connectivity index (χ2v) is 2.93. The number of hydrogen-bond acceptors (Lipinski definition) is 2. The summed E-state index contributed by atoms with van der Waals surface area (Å²) in [6.07, 6.45) is 0. The van der Waals surface area contributed by atoms with Crippen LogP contribution in [-0.4, -0.2) is 24.8 Å². The Morgan fingerprint density at radius 3 is 2.75 bits per heavy atom. The van der Waals surface area contributed by atoms with Crippen molar-refractivity contribution in [3.63, 3.8) is 0 Å². The van der Waals surface area contributed by atoms with Crippen LogP contribution in [0.1, 0.15) is 6.92 Å². The summed E-state index contributed by atoms with van der Waals surface area (Å²) in [5, 5.41) is 2.66. The van der Waals surface area contributed by atoms with Gasteiger partial charge in [-0.15, -0.1) is 0 Å². The Labute approximate surface area is 54.2 Å². The summed E-state index contributed by atoms with van der Waals surface area (Å²) < 4.78 is 5.17. The summed E-state index contributed by atoms with van der Waals surface area (Å²) in [6.45, 7) is 4.25. The maximum atomic E-state index is 5.79. The SMILES string of the molecule is C[C@@]1(Cl)CNCCO1. The predicted molar refractivity (Wildman–Crippen MR) is 33.1 cm³/mol. The molecule has 1 heterocycles. The van der Waals surface area contributed by atoms with E-state index in [9.17, 15) is 0 Å². The predicted octanol–water partition coefficient (Wildman–Crippen LogP) is 0.561. The molecule has 0 radical (unpaired) electrons. The van der Waals surface area contributed by atoms with Crippen LogP contribution >= 0.6 is 11.6 Å². The lowest BCUT2D eigenvalue weighted by Crippen LogP contribution is -2.43. The first kappa shape index (κ1) is 6.33. The minimum atomic E-state index is -0.460. The van der Waals surface area contributed by atoms with Crippen LogP contribution in [0.2, 0.25) is 0 Å². The Kier molecular flexibility index (Phi) is 1.75. The first-order chi connectivity index (χ1) is 3.71. The number of nitrogens with one attached hydrogen (secondary N) is 1. The molecule has 1 aliphatic heterocycles. The standard InChI is InChI=1S/C5H10ClNO/c1-5(6)4-7-2-3-8-5/h7H,2-4H2,1H3/t5-/m0/s1. The highest BCUT2D eigenvalue weighted by Crippen LogP contribution is 2.16. The van der Waals surface area contributed by atoms with Crippen LogP contribution in [0.15, 0.2) is 0 Å². The van der Waals surface area contributed by atoms with Crippen LogP contribution in [0, 0.1) is 0 Å². The Balaban J connectivity index is 2.33. The van der Waals surface area contributed by atoms with Crippen molar-refractivity contribution in [1.82, 2.24) is 5.32 Å². The molecule has 2 nitrogen and oxygen atoms in total. The Bertz CT molecular complexity index is 76.5. The highest BCUT2D eigenvalue weighted by molar-refractivity contribution is 6.22. The summed E-state index contributed by atoms with van der Waals surface area (Å²) in [5.41, 5.74) is 0. The molecule has 0 aromatic rings. The summed E-state index contributed by atoms with van der Waals surface area (Å²) in [4.78, 5) is 0. The zero-order valence-corrected chi connectivity index (χ0v) is 5.66. The Morgan fingerprint density at radius 2 is 2.50 bits per heavy atom. The normalized spacial score (nSPS) is 39.8. The number of ether oxygens (including phenoxy) is 1. The van der Waals surface area contributed by atoms with Crippen molar-refractivity contribution in [2.45, 2.75) is 12.0 Å². The third-order valence-electron chi connectivity index (χ3n) is 1.12. The van der Waals surface area contributed by atoms with Gasteiger partial charge in [0, 0.05) is 13.1 Å². The van der Waals surface area contributed by atoms with E-state index in [4.69, 9.17) is 16.3 Å². The van der Waals surface area contributed by atoms with Gasteiger partial charge in [-0.1, -0.05) is 11.6 Å². The topological polar surface area (TPSA) is 21.3 Å². The molecule has 0 amide bonds. The maximum Gasteiger partial charge on any atom is 0.151 e. The monoisotopic (exact) mass is 135 g/mol. The van der Waals surface area contributed by atoms with Crippen LogP contribution in [0.25, 0.3) is 0 Å². The van der Waals surface area contributed by atoms with Crippen LogP contribution in [0.3, 0.4) is 0 Å². The smallest absolute Gasteiger partial charge is 0.151 e. The summed E-state index contributed by atoms with van der Waals surface area (Å²) in [5.74, 6) is 0. The van der Waals surface area contributed by atoms with Gasteiger partial charge in [0.2, 0.25) is 0 Å². The number of morpholine rings is 1. The van der Waals surface area contributed by atoms with E-state index in [0.717, 1.165) is 19.7 Å². The lowest BCUT2D eigenvalue weighted by Gasteiger charge is -2.27. The molecule has 0 unspecified atom stereocenters. The van der Waals surface area contributed by atoms with E-state index in [1.165, 1.54) is 0 Å². The van der Waals surface area contributed by atoms with Gasteiger partial charge in [0.15, 0.2) is 5.06 Å². The van der Waals surface area contributed by atoms with Crippen LogP contribution in [0.4, 0.5) is 0 Å². The highest BCUT2D eigenvalue weighted by Gasteiger charge is 2.23. The second kappa shape index (κ2) is 2.21. The molecule has 0 aromatic heterocycles. The van der Waals surface area contributed by atoms with E-state index in [0.29, 0.717) is 0 Å². The van der Waals surface area contributed by atoms with Gasteiger partial charge in [0.25, 0.3) is 0 Å². The molecule has 1 atom stereocenters. The number of halogens is 1. The third-order valence-corrected chi connectivity index (χ3v) is 1.37. The minimum absolute atomic E-state index is 0.460. The van der Waals surface area contributed by atoms with Crippen molar-refractivity contribution in [3.8, 4) is 0 Å². The molecule has 1 N–H and O–H groups in total. The fraction of sp³-hybridized carbons (Fsp3) is 1.00. The van der Waals surface area contributed by atoms with Crippen LogP contribution in [-0.2, 0) is 4.74 Å². The molecule has 0 bridgehead atoms. The van der Waals surface area contributed by atoms with Gasteiger partial charge in [-0.3, -0.25) is 0 Å². The van der Waals surface area contributed by atoms with Gasteiger partial charge in [-0.2, -0.15) is 0 Å². The molecule has 1 saturated heterocycles. The third kappa shape index (κ3) is 1.62. The number of hydrogen-bond donors (Lipinski definition) is 1. The molecule has 0 aliphatic carbocycles. The van der Waals surface area contributed by atoms with Gasteiger partial charge in [0.05, 0.1) is 6.61 Å². The zero-order valence-electron chi connectivity index (χ0n) is 4.91. The molecule has 1 rings (SSSR count). The van der Waals surface area contributed by atoms with Gasteiger partial charge in [-0.05, 0) is 6.92 Å². The molecule has 48 valence electrons. The Hall–Kier alpha value is 0.210. The molecule has 1 fully saturated rings. The number of rotatable bonds is 0. The van der Waals surface area contributed by atoms with Gasteiger partial charge in [0.1, 0.15) is 0 Å². The lowest BCUT2D eigenvalue weighted by molar-refractivity contribution is 0.00893. The summed E-state index contributed by atoms with van der Waals surface area (Å²) in [6, 6.07) is 0. The largest absolute Gasteiger partial charge is 0.357 e. The van der Waals surface area contributed by atoms with Crippen LogP contribution in [0.5, 0.6) is 0 Å². The van der Waals surface area contributed by atoms with Crippen molar-refractivity contribution in [3.05, 3.63) is 0 Å². The van der Waals surface area contributed by atoms with Crippen molar-refractivity contribution in [1.29, 1.82) is 0 Å². The molecule has 0 spiro atoms. The first-order valence-corrected chi connectivity index (χ1v) is 3.12. The molecular weight excluding hydrogens is 126 g/mol. The van der Waals surface area contributed by atoms with E-state index in [1.54, 1.807) is 0 Å². The van der Waals surface area contributed by atoms with Gasteiger partial charge in [-0.25, -0.2) is 0 Å². The molecule has 0 saturated carbocycles. The van der Waals surface area contributed by atoms with E-state index in [1.807, 2.05) is 6.92 Å². The maximum absolute atomic E-state index is 5.79. The van der Waals surface area contributed by atoms with E-state index >= 15 is 0 Å². The molecule has 0 aromatic carbocycles. The summed E-state index contributed by atoms with van der Waals surface area (Å²) >= 11 is 5.79. The first-order valence-electron chi connectivity index (χ1n) is 2.74. The van der Waals surface area contributed by atoms with E-state index < -0.39 is 5.06 Å². The van der Waals surface area contributed by atoms with Crippen molar-refractivity contribution in [2.75, 3.05) is 19.7 Å². The molecule has 8 heavy (non-hydrogen) atoms. The summed E-state index contributed by atoms with van der Waals surface area (Å²) in [7, 11) is 0. The highest BCUT2D eigenvalue weighted by atomic mass is 35.5.